The van der Waals surface area contributed by atoms with E-state index in [-0.39, 0.29) is 11.3 Å². The summed E-state index contributed by atoms with van der Waals surface area (Å²) < 4.78 is 1.06. The lowest BCUT2D eigenvalue weighted by molar-refractivity contribution is 0.106. The number of nitrogens with one attached hydrogen (secondary N) is 1. The van der Waals surface area contributed by atoms with Crippen molar-refractivity contribution in [3.8, 4) is 0 Å². The first kappa shape index (κ1) is 17.5. The van der Waals surface area contributed by atoms with Gasteiger partial charge in [0, 0.05) is 16.7 Å². The predicted octanol–water partition coefficient (Wildman–Crippen LogP) is 3.74. The van der Waals surface area contributed by atoms with Gasteiger partial charge in [-0.3, -0.25) is 9.59 Å². The number of hydrogen-bond acceptors (Lipinski definition) is 3. The average molecular weight is 392 g/mol. The molecule has 3 nitrogen and oxygen atoms in total. The van der Waals surface area contributed by atoms with Crippen LogP contribution in [0, 0.1) is 0 Å². The van der Waals surface area contributed by atoms with Crippen molar-refractivity contribution in [2.75, 3.05) is 0 Å². The van der Waals surface area contributed by atoms with Gasteiger partial charge in [0.05, 0.1) is 9.20 Å². The van der Waals surface area contributed by atoms with E-state index in [2.05, 4.69) is 4.98 Å². The molecule has 0 atom stereocenters. The van der Waals surface area contributed by atoms with Crippen LogP contribution in [0.4, 0.5) is 0 Å². The number of halogens is 1. The highest BCUT2D eigenvalue weighted by Gasteiger charge is 2.04. The zero-order chi connectivity index (χ0) is 18.8. The maximum Gasteiger partial charge on any atom is 0.266 e. The molecule has 0 unspecified atom stereocenters. The lowest BCUT2D eigenvalue weighted by Crippen LogP contribution is -2.20. The van der Waals surface area contributed by atoms with Crippen LogP contribution < -0.4 is 14.8 Å². The molecule has 0 fully saturated rings. The molecule has 1 N–H and O–H groups in total. The maximum absolute atomic E-state index is 12.4. The van der Waals surface area contributed by atoms with E-state index in [1.165, 1.54) is 17.4 Å². The Hall–Kier alpha value is -2.95. The third kappa shape index (κ3) is 3.77. The molecule has 0 aliphatic heterocycles. The summed E-state index contributed by atoms with van der Waals surface area (Å²) in [6.45, 7) is 0. The Morgan fingerprint density at radius 3 is 2.63 bits per heavy atom. The van der Waals surface area contributed by atoms with Crippen LogP contribution in [-0.2, 0) is 0 Å². The van der Waals surface area contributed by atoms with Gasteiger partial charge in [-0.05, 0) is 34.5 Å². The largest absolute Gasteiger partial charge is 0.313 e. The standard InChI is InChI=1S/C22H14ClNO2S/c23-17-9-4-8-16(11-17)19(25)13-21-24-22(26)20(27-21)12-15-7-3-6-14-5-1-2-10-18(14)15/h1-13H,(H,24,26)/b20-12+,21-13+. The van der Waals surface area contributed by atoms with Gasteiger partial charge in [-0.25, -0.2) is 0 Å². The highest BCUT2D eigenvalue weighted by atomic mass is 35.5. The van der Waals surface area contributed by atoms with Gasteiger partial charge in [-0.2, -0.15) is 0 Å². The van der Waals surface area contributed by atoms with Crippen molar-refractivity contribution in [1.82, 2.24) is 4.98 Å². The second-order valence-electron chi connectivity index (χ2n) is 6.02. The Kier molecular flexibility index (Phi) is 4.75. The summed E-state index contributed by atoms with van der Waals surface area (Å²) in [6, 6.07) is 20.7. The van der Waals surface area contributed by atoms with Crippen molar-refractivity contribution in [2.24, 2.45) is 0 Å². The highest BCUT2D eigenvalue weighted by Crippen LogP contribution is 2.18. The average Bonchev–Trinajstić information content (AvgIpc) is 3.01. The number of aromatic amines is 1. The van der Waals surface area contributed by atoms with Crippen LogP contribution in [0.2, 0.25) is 5.02 Å². The molecule has 5 heteroatoms. The lowest BCUT2D eigenvalue weighted by Gasteiger charge is -2.00. The first-order valence-corrected chi connectivity index (χ1v) is 9.50. The van der Waals surface area contributed by atoms with Crippen molar-refractivity contribution in [3.05, 3.63) is 102 Å². The molecule has 27 heavy (non-hydrogen) atoms. The van der Waals surface area contributed by atoms with Crippen LogP contribution in [-0.4, -0.2) is 10.8 Å². The van der Waals surface area contributed by atoms with Gasteiger partial charge in [-0.15, -0.1) is 11.3 Å². The molecule has 1 heterocycles. The summed E-state index contributed by atoms with van der Waals surface area (Å²) in [5.74, 6) is -0.202. The Balaban J connectivity index is 1.78. The van der Waals surface area contributed by atoms with Crippen LogP contribution in [0.1, 0.15) is 15.9 Å². The zero-order valence-electron chi connectivity index (χ0n) is 14.1. The van der Waals surface area contributed by atoms with Crippen molar-refractivity contribution in [2.45, 2.75) is 0 Å². The van der Waals surface area contributed by atoms with Gasteiger partial charge in [0.1, 0.15) is 0 Å². The van der Waals surface area contributed by atoms with Crippen molar-refractivity contribution < 1.29 is 4.79 Å². The number of hydrogen-bond donors (Lipinski definition) is 1. The number of Topliss-reactive ketones (excluding diaryl/α,β-unsaturated/α-hetero) is 1. The Morgan fingerprint density at radius 1 is 1.00 bits per heavy atom. The third-order valence-corrected chi connectivity index (χ3v) is 5.36. The maximum atomic E-state index is 12.4. The molecule has 0 radical (unpaired) electrons. The fraction of sp³-hybridized carbons (Fsp3) is 0. The summed E-state index contributed by atoms with van der Waals surface area (Å²) in [7, 11) is 0. The van der Waals surface area contributed by atoms with E-state index in [0.717, 1.165) is 16.3 Å². The van der Waals surface area contributed by atoms with E-state index in [0.29, 0.717) is 19.8 Å². The number of carbonyl (C=O) groups is 1. The molecule has 0 saturated heterocycles. The second-order valence-corrected chi connectivity index (χ2v) is 7.54. The minimum absolute atomic E-state index is 0.202. The van der Waals surface area contributed by atoms with E-state index in [1.807, 2.05) is 48.5 Å². The molecule has 0 aliphatic carbocycles. The number of H-pyrrole nitrogens is 1. The molecule has 4 rings (SSSR count). The lowest BCUT2D eigenvalue weighted by atomic mass is 10.0. The molecule has 132 valence electrons. The molecule has 3 aromatic carbocycles. The molecule has 1 aromatic heterocycles. The molecule has 0 spiro atoms. The third-order valence-electron chi connectivity index (χ3n) is 4.16. The van der Waals surface area contributed by atoms with E-state index in [4.69, 9.17) is 11.6 Å². The molecular formula is C22H14ClNO2S. The first-order chi connectivity index (χ1) is 13.1. The van der Waals surface area contributed by atoms with E-state index >= 15 is 0 Å². The summed E-state index contributed by atoms with van der Waals surface area (Å²) >= 11 is 7.19. The Labute approximate surface area is 163 Å². The summed E-state index contributed by atoms with van der Waals surface area (Å²) in [6.07, 6.45) is 3.28. The highest BCUT2D eigenvalue weighted by molar-refractivity contribution is 7.07. The zero-order valence-corrected chi connectivity index (χ0v) is 15.7. The number of benzene rings is 3. The van der Waals surface area contributed by atoms with Gasteiger partial charge >= 0.3 is 0 Å². The molecular weight excluding hydrogens is 378 g/mol. The van der Waals surface area contributed by atoms with Gasteiger partial charge in [-0.1, -0.05) is 66.2 Å². The molecule has 0 aliphatic rings. The minimum Gasteiger partial charge on any atom is -0.313 e. The fourth-order valence-electron chi connectivity index (χ4n) is 2.89. The number of rotatable bonds is 3. The van der Waals surface area contributed by atoms with Crippen molar-refractivity contribution >= 4 is 51.6 Å². The van der Waals surface area contributed by atoms with Crippen LogP contribution in [0.15, 0.2) is 71.5 Å². The van der Waals surface area contributed by atoms with Crippen LogP contribution in [0.3, 0.4) is 0 Å². The topological polar surface area (TPSA) is 49.9 Å². The molecule has 0 bridgehead atoms. The van der Waals surface area contributed by atoms with Gasteiger partial charge < -0.3 is 4.98 Å². The normalized spacial score (nSPS) is 12.6. The van der Waals surface area contributed by atoms with Crippen molar-refractivity contribution in [3.63, 3.8) is 0 Å². The van der Waals surface area contributed by atoms with E-state index in [1.54, 1.807) is 24.3 Å². The van der Waals surface area contributed by atoms with Gasteiger partial charge in [0.15, 0.2) is 5.78 Å². The SMILES string of the molecule is O=C(/C=c1\[nH]c(=O)/c(=C\c2cccc3ccccc23)s1)c1cccc(Cl)c1. The number of ketones is 1. The van der Waals surface area contributed by atoms with Gasteiger partial charge in [0.25, 0.3) is 5.56 Å². The molecule has 0 saturated carbocycles. The fourth-order valence-corrected chi connectivity index (χ4v) is 3.95. The first-order valence-electron chi connectivity index (χ1n) is 8.30. The number of fused-ring (bicyclic) bond motifs is 1. The van der Waals surface area contributed by atoms with E-state index < -0.39 is 0 Å². The van der Waals surface area contributed by atoms with Gasteiger partial charge in [0.2, 0.25) is 0 Å². The van der Waals surface area contributed by atoms with E-state index in [9.17, 15) is 9.59 Å². The monoisotopic (exact) mass is 391 g/mol. The summed E-state index contributed by atoms with van der Waals surface area (Å²) in [5, 5.41) is 2.69. The molecule has 0 amide bonds. The minimum atomic E-state index is -0.210. The number of carbonyl (C=O) groups excluding carboxylic acids is 1. The smallest absolute Gasteiger partial charge is 0.266 e. The predicted molar refractivity (Wildman–Crippen MR) is 112 cm³/mol. The Bertz CT molecular complexity index is 1330. The number of thiazole rings is 1. The van der Waals surface area contributed by atoms with Crippen molar-refractivity contribution in [1.29, 1.82) is 0 Å². The Morgan fingerprint density at radius 2 is 1.78 bits per heavy atom. The quantitative estimate of drug-likeness (QED) is 0.541. The van der Waals surface area contributed by atoms with Crippen LogP contribution in [0.5, 0.6) is 0 Å². The van der Waals surface area contributed by atoms with Crippen LogP contribution >= 0.6 is 22.9 Å². The second kappa shape index (κ2) is 7.35. The number of aromatic nitrogens is 1. The summed E-state index contributed by atoms with van der Waals surface area (Å²) in [4.78, 5) is 27.5. The molecule has 4 aromatic rings. The van der Waals surface area contributed by atoms with Crippen LogP contribution in [0.25, 0.3) is 22.9 Å². The summed E-state index contributed by atoms with van der Waals surface area (Å²) in [5.41, 5.74) is 1.24.